The molecule has 0 bridgehead atoms. The molecule has 2 rings (SSSR count). The Labute approximate surface area is 134 Å². The quantitative estimate of drug-likeness (QED) is 0.814. The number of halogens is 1. The first-order valence-corrected chi connectivity index (χ1v) is 7.62. The minimum absolute atomic E-state index is 0.131. The molecule has 0 aliphatic rings. The summed E-state index contributed by atoms with van der Waals surface area (Å²) in [7, 11) is 3.40. The third-order valence-corrected chi connectivity index (χ3v) is 4.13. The predicted octanol–water partition coefficient (Wildman–Crippen LogP) is 4.78. The molecule has 0 aliphatic carbocycles. The molecule has 1 N–H and O–H groups in total. The average molecular weight is 350 g/mol. The fourth-order valence-corrected chi connectivity index (χ4v) is 2.80. The van der Waals surface area contributed by atoms with Gasteiger partial charge in [0.05, 0.1) is 19.8 Å². The molecule has 0 amide bonds. The molecule has 0 saturated carbocycles. The standard InChI is InChI=1S/C17H20BrNO2/c1-12(13-7-4-5-10-17(13)21-3)19-16-9-6-8-15(18)14(16)11-20-2/h4-10,12,19H,11H2,1-3H3. The van der Waals surface area contributed by atoms with Gasteiger partial charge in [0.2, 0.25) is 0 Å². The van der Waals surface area contributed by atoms with Crippen LogP contribution < -0.4 is 10.1 Å². The van der Waals surface area contributed by atoms with Gasteiger partial charge in [0.25, 0.3) is 0 Å². The summed E-state index contributed by atoms with van der Waals surface area (Å²) in [6.45, 7) is 2.68. The molecule has 0 heterocycles. The second kappa shape index (κ2) is 7.48. The molecule has 1 unspecified atom stereocenters. The largest absolute Gasteiger partial charge is 0.496 e. The molecule has 4 heteroatoms. The predicted molar refractivity (Wildman–Crippen MR) is 89.9 cm³/mol. The van der Waals surface area contributed by atoms with Crippen LogP contribution in [0.1, 0.15) is 24.1 Å². The SMILES string of the molecule is COCc1c(Br)cccc1NC(C)c1ccccc1OC. The highest BCUT2D eigenvalue weighted by Gasteiger charge is 2.13. The van der Waals surface area contributed by atoms with Crippen LogP contribution in [0.25, 0.3) is 0 Å². The van der Waals surface area contributed by atoms with Gasteiger partial charge in [0, 0.05) is 28.4 Å². The maximum Gasteiger partial charge on any atom is 0.124 e. The van der Waals surface area contributed by atoms with Crippen LogP contribution in [0.4, 0.5) is 5.69 Å². The lowest BCUT2D eigenvalue weighted by Crippen LogP contribution is -2.10. The number of hydrogen-bond acceptors (Lipinski definition) is 3. The maximum atomic E-state index is 5.43. The summed E-state index contributed by atoms with van der Waals surface area (Å²) in [6, 6.07) is 14.3. The molecule has 2 aromatic rings. The van der Waals surface area contributed by atoms with E-state index in [0.717, 1.165) is 27.0 Å². The first-order valence-electron chi connectivity index (χ1n) is 6.83. The number of hydrogen-bond donors (Lipinski definition) is 1. The molecule has 0 spiro atoms. The normalized spacial score (nSPS) is 12.0. The Balaban J connectivity index is 2.27. The monoisotopic (exact) mass is 349 g/mol. The van der Waals surface area contributed by atoms with Crippen molar-refractivity contribution in [1.29, 1.82) is 0 Å². The van der Waals surface area contributed by atoms with Gasteiger partial charge in [-0.3, -0.25) is 0 Å². The summed E-state index contributed by atoms with van der Waals surface area (Å²) < 4.78 is 11.8. The number of para-hydroxylation sites is 1. The summed E-state index contributed by atoms with van der Waals surface area (Å²) in [5.41, 5.74) is 3.30. The van der Waals surface area contributed by atoms with Gasteiger partial charge in [-0.25, -0.2) is 0 Å². The molecule has 0 fully saturated rings. The molecule has 0 radical (unpaired) electrons. The topological polar surface area (TPSA) is 30.5 Å². The van der Waals surface area contributed by atoms with Crippen LogP contribution in [-0.4, -0.2) is 14.2 Å². The third kappa shape index (κ3) is 3.77. The molecular weight excluding hydrogens is 330 g/mol. The van der Waals surface area contributed by atoms with E-state index in [9.17, 15) is 0 Å². The Morgan fingerprint density at radius 3 is 2.57 bits per heavy atom. The number of rotatable bonds is 6. The van der Waals surface area contributed by atoms with E-state index in [4.69, 9.17) is 9.47 Å². The van der Waals surface area contributed by atoms with Crippen molar-refractivity contribution in [2.75, 3.05) is 19.5 Å². The van der Waals surface area contributed by atoms with E-state index < -0.39 is 0 Å². The van der Waals surface area contributed by atoms with Crippen molar-refractivity contribution in [3.63, 3.8) is 0 Å². The fraction of sp³-hybridized carbons (Fsp3) is 0.294. The molecule has 112 valence electrons. The Morgan fingerprint density at radius 2 is 1.86 bits per heavy atom. The minimum Gasteiger partial charge on any atom is -0.496 e. The average Bonchev–Trinajstić information content (AvgIpc) is 2.50. The van der Waals surface area contributed by atoms with Gasteiger partial charge in [0.1, 0.15) is 5.75 Å². The number of benzene rings is 2. The van der Waals surface area contributed by atoms with Gasteiger partial charge >= 0.3 is 0 Å². The zero-order chi connectivity index (χ0) is 15.2. The highest BCUT2D eigenvalue weighted by atomic mass is 79.9. The van der Waals surface area contributed by atoms with Crippen molar-refractivity contribution in [3.8, 4) is 5.75 Å². The van der Waals surface area contributed by atoms with Gasteiger partial charge in [-0.05, 0) is 25.1 Å². The Morgan fingerprint density at radius 1 is 1.10 bits per heavy atom. The third-order valence-electron chi connectivity index (χ3n) is 3.38. The van der Waals surface area contributed by atoms with Crippen molar-refractivity contribution in [2.24, 2.45) is 0 Å². The first-order chi connectivity index (χ1) is 10.2. The number of ether oxygens (including phenoxy) is 2. The van der Waals surface area contributed by atoms with E-state index >= 15 is 0 Å². The summed E-state index contributed by atoms with van der Waals surface area (Å²) in [4.78, 5) is 0. The molecule has 0 aliphatic heterocycles. The van der Waals surface area contributed by atoms with Crippen molar-refractivity contribution >= 4 is 21.6 Å². The Kier molecular flexibility index (Phi) is 5.65. The summed E-state index contributed by atoms with van der Waals surface area (Å²) in [6.07, 6.45) is 0. The van der Waals surface area contributed by atoms with Gasteiger partial charge < -0.3 is 14.8 Å². The van der Waals surface area contributed by atoms with Crippen LogP contribution in [0.2, 0.25) is 0 Å². The van der Waals surface area contributed by atoms with Crippen LogP contribution in [0.3, 0.4) is 0 Å². The molecule has 0 aromatic heterocycles. The van der Waals surface area contributed by atoms with Crippen molar-refractivity contribution in [2.45, 2.75) is 19.6 Å². The Hall–Kier alpha value is -1.52. The van der Waals surface area contributed by atoms with Crippen molar-refractivity contribution in [3.05, 3.63) is 58.1 Å². The number of nitrogens with one attached hydrogen (secondary N) is 1. The highest BCUT2D eigenvalue weighted by Crippen LogP contribution is 2.31. The first kappa shape index (κ1) is 15.9. The lowest BCUT2D eigenvalue weighted by molar-refractivity contribution is 0.185. The van der Waals surface area contributed by atoms with Gasteiger partial charge in [-0.2, -0.15) is 0 Å². The lowest BCUT2D eigenvalue weighted by atomic mass is 10.1. The van der Waals surface area contributed by atoms with Crippen LogP contribution in [0, 0.1) is 0 Å². The van der Waals surface area contributed by atoms with Gasteiger partial charge in [-0.15, -0.1) is 0 Å². The van der Waals surface area contributed by atoms with Crippen LogP contribution >= 0.6 is 15.9 Å². The van der Waals surface area contributed by atoms with E-state index in [1.807, 2.05) is 30.3 Å². The van der Waals surface area contributed by atoms with Crippen LogP contribution in [0.15, 0.2) is 46.9 Å². The van der Waals surface area contributed by atoms with Crippen molar-refractivity contribution < 1.29 is 9.47 Å². The smallest absolute Gasteiger partial charge is 0.124 e. The van der Waals surface area contributed by atoms with E-state index in [0.29, 0.717) is 6.61 Å². The van der Waals surface area contributed by atoms with Crippen molar-refractivity contribution in [1.82, 2.24) is 0 Å². The number of anilines is 1. The molecule has 3 nitrogen and oxygen atoms in total. The highest BCUT2D eigenvalue weighted by molar-refractivity contribution is 9.10. The minimum atomic E-state index is 0.131. The summed E-state index contributed by atoms with van der Waals surface area (Å²) in [5.74, 6) is 0.890. The van der Waals surface area contributed by atoms with E-state index in [2.05, 4.69) is 40.3 Å². The molecule has 1 atom stereocenters. The fourth-order valence-electron chi connectivity index (χ4n) is 2.32. The van der Waals surface area contributed by atoms with Gasteiger partial charge in [0.15, 0.2) is 0 Å². The number of methoxy groups -OCH3 is 2. The second-order valence-electron chi connectivity index (χ2n) is 4.81. The molecular formula is C17H20BrNO2. The van der Waals surface area contributed by atoms with E-state index in [1.165, 1.54) is 0 Å². The molecule has 2 aromatic carbocycles. The van der Waals surface area contributed by atoms with Crippen LogP contribution in [0.5, 0.6) is 5.75 Å². The van der Waals surface area contributed by atoms with Crippen LogP contribution in [-0.2, 0) is 11.3 Å². The zero-order valence-electron chi connectivity index (χ0n) is 12.5. The van der Waals surface area contributed by atoms with E-state index in [-0.39, 0.29) is 6.04 Å². The lowest BCUT2D eigenvalue weighted by Gasteiger charge is -2.21. The summed E-state index contributed by atoms with van der Waals surface area (Å²) in [5, 5.41) is 3.54. The maximum absolute atomic E-state index is 5.43. The zero-order valence-corrected chi connectivity index (χ0v) is 14.1. The second-order valence-corrected chi connectivity index (χ2v) is 5.66. The molecule has 21 heavy (non-hydrogen) atoms. The molecule has 0 saturated heterocycles. The summed E-state index contributed by atoms with van der Waals surface area (Å²) >= 11 is 3.58. The Bertz CT molecular complexity index is 601. The van der Waals surface area contributed by atoms with Gasteiger partial charge in [-0.1, -0.05) is 40.2 Å². The van der Waals surface area contributed by atoms with E-state index in [1.54, 1.807) is 14.2 Å².